The smallest absolute Gasteiger partial charge is 0.346 e. The van der Waals surface area contributed by atoms with Crippen molar-refractivity contribution in [2.24, 2.45) is 0 Å². The zero-order chi connectivity index (χ0) is 10.4. The first kappa shape index (κ1) is 10.1. The second kappa shape index (κ2) is 4.88. The van der Waals surface area contributed by atoms with Crippen LogP contribution in [0.25, 0.3) is 6.08 Å². The summed E-state index contributed by atoms with van der Waals surface area (Å²) in [5.41, 5.74) is 1.06. The molecule has 0 saturated carbocycles. The molecule has 0 atom stereocenters. The standard InChI is InChI=1S/C12H9O2/c1-3-11(12(13)14-2)9-10-7-5-4-6-8-10/h1,5-9H,2H3. The maximum atomic E-state index is 11.1. The summed E-state index contributed by atoms with van der Waals surface area (Å²) in [5.74, 6) is 1.78. The molecule has 14 heavy (non-hydrogen) atoms. The van der Waals surface area contributed by atoms with Crippen LogP contribution < -0.4 is 0 Å². The summed E-state index contributed by atoms with van der Waals surface area (Å²) in [4.78, 5) is 11.1. The van der Waals surface area contributed by atoms with Gasteiger partial charge in [0.1, 0.15) is 5.57 Å². The number of terminal acetylenes is 1. The Morgan fingerprint density at radius 3 is 2.71 bits per heavy atom. The predicted molar refractivity (Wildman–Crippen MR) is 54.1 cm³/mol. The van der Waals surface area contributed by atoms with Crippen LogP contribution in [0.15, 0.2) is 29.8 Å². The molecule has 1 aromatic carbocycles. The third kappa shape index (κ3) is 2.49. The minimum atomic E-state index is -0.500. The van der Waals surface area contributed by atoms with Crippen LogP contribution in [0.2, 0.25) is 0 Å². The molecule has 2 heteroatoms. The third-order valence-corrected chi connectivity index (χ3v) is 1.62. The minimum absolute atomic E-state index is 0.207. The molecule has 1 radical (unpaired) electrons. The van der Waals surface area contributed by atoms with E-state index in [0.717, 1.165) is 5.56 Å². The average Bonchev–Trinajstić information content (AvgIpc) is 2.26. The van der Waals surface area contributed by atoms with Crippen LogP contribution in [0.5, 0.6) is 0 Å². The van der Waals surface area contributed by atoms with E-state index in [9.17, 15) is 4.79 Å². The van der Waals surface area contributed by atoms with Crippen molar-refractivity contribution in [3.63, 3.8) is 0 Å². The molecule has 0 bridgehead atoms. The lowest BCUT2D eigenvalue weighted by Gasteiger charge is -1.97. The van der Waals surface area contributed by atoms with Gasteiger partial charge in [-0.05, 0) is 17.7 Å². The van der Waals surface area contributed by atoms with E-state index >= 15 is 0 Å². The van der Waals surface area contributed by atoms with E-state index in [1.54, 1.807) is 30.3 Å². The molecule has 0 heterocycles. The van der Waals surface area contributed by atoms with Crippen molar-refractivity contribution in [2.45, 2.75) is 0 Å². The maximum absolute atomic E-state index is 11.1. The van der Waals surface area contributed by atoms with Gasteiger partial charge in [-0.1, -0.05) is 30.2 Å². The Balaban J connectivity index is 2.97. The molecule has 1 rings (SSSR count). The van der Waals surface area contributed by atoms with Gasteiger partial charge in [-0.25, -0.2) is 4.79 Å². The molecule has 0 spiro atoms. The third-order valence-electron chi connectivity index (χ3n) is 1.62. The Kier molecular flexibility index (Phi) is 3.51. The highest BCUT2D eigenvalue weighted by Gasteiger charge is 2.05. The molecule has 0 unspecified atom stereocenters. The van der Waals surface area contributed by atoms with Crippen LogP contribution in [0.3, 0.4) is 0 Å². The topological polar surface area (TPSA) is 26.3 Å². The fourth-order valence-corrected chi connectivity index (χ4v) is 0.932. The zero-order valence-electron chi connectivity index (χ0n) is 7.78. The first-order chi connectivity index (χ1) is 6.77. The Morgan fingerprint density at radius 1 is 1.57 bits per heavy atom. The number of methoxy groups -OCH3 is 1. The molecule has 0 aliphatic heterocycles. The number of carbonyl (C=O) groups is 1. The molecular weight excluding hydrogens is 176 g/mol. The summed E-state index contributed by atoms with van der Waals surface area (Å²) in [6, 6.07) is 9.98. The lowest BCUT2D eigenvalue weighted by Crippen LogP contribution is -2.02. The summed E-state index contributed by atoms with van der Waals surface area (Å²) >= 11 is 0. The number of esters is 1. The Bertz CT molecular complexity index is 383. The Hall–Kier alpha value is -2.01. The molecule has 0 aromatic heterocycles. The van der Waals surface area contributed by atoms with Gasteiger partial charge < -0.3 is 4.74 Å². The van der Waals surface area contributed by atoms with Crippen molar-refractivity contribution in [1.82, 2.24) is 0 Å². The van der Waals surface area contributed by atoms with Crippen LogP contribution in [-0.4, -0.2) is 13.1 Å². The largest absolute Gasteiger partial charge is 0.465 e. The van der Waals surface area contributed by atoms with Crippen molar-refractivity contribution in [3.8, 4) is 12.3 Å². The summed E-state index contributed by atoms with van der Waals surface area (Å²) in [5, 5.41) is 0. The van der Waals surface area contributed by atoms with Gasteiger partial charge in [0.15, 0.2) is 0 Å². The first-order valence-electron chi connectivity index (χ1n) is 4.00. The van der Waals surface area contributed by atoms with E-state index in [4.69, 9.17) is 6.42 Å². The highest BCUT2D eigenvalue weighted by atomic mass is 16.5. The lowest BCUT2D eigenvalue weighted by atomic mass is 10.1. The maximum Gasteiger partial charge on any atom is 0.346 e. The van der Waals surface area contributed by atoms with Crippen LogP contribution in [0, 0.1) is 18.4 Å². The number of rotatable bonds is 2. The molecule has 1 aromatic rings. The van der Waals surface area contributed by atoms with Gasteiger partial charge in [0.2, 0.25) is 0 Å². The highest BCUT2D eigenvalue weighted by molar-refractivity contribution is 5.98. The van der Waals surface area contributed by atoms with Crippen molar-refractivity contribution in [3.05, 3.63) is 41.5 Å². The van der Waals surface area contributed by atoms with Crippen molar-refractivity contribution in [2.75, 3.05) is 7.11 Å². The van der Waals surface area contributed by atoms with Crippen LogP contribution in [0.4, 0.5) is 0 Å². The summed E-state index contributed by atoms with van der Waals surface area (Å²) in [7, 11) is 1.30. The minimum Gasteiger partial charge on any atom is -0.465 e. The van der Waals surface area contributed by atoms with E-state index in [-0.39, 0.29) is 5.57 Å². The molecular formula is C12H9O2. The summed E-state index contributed by atoms with van der Waals surface area (Å²) in [6.45, 7) is 0. The van der Waals surface area contributed by atoms with E-state index in [0.29, 0.717) is 0 Å². The molecule has 2 nitrogen and oxygen atoms in total. The van der Waals surface area contributed by atoms with Gasteiger partial charge in [0.05, 0.1) is 7.11 Å². The fourth-order valence-electron chi connectivity index (χ4n) is 0.932. The first-order valence-corrected chi connectivity index (χ1v) is 4.00. The Morgan fingerprint density at radius 2 is 2.21 bits per heavy atom. The van der Waals surface area contributed by atoms with Crippen molar-refractivity contribution < 1.29 is 9.53 Å². The molecule has 69 valence electrons. The molecule has 0 amide bonds. The number of carbonyl (C=O) groups excluding carboxylic acids is 1. The number of hydrogen-bond acceptors (Lipinski definition) is 2. The van der Waals surface area contributed by atoms with Crippen molar-refractivity contribution in [1.29, 1.82) is 0 Å². The van der Waals surface area contributed by atoms with Crippen LogP contribution in [0.1, 0.15) is 5.56 Å². The van der Waals surface area contributed by atoms with Crippen molar-refractivity contribution >= 4 is 12.0 Å². The highest BCUT2D eigenvalue weighted by Crippen LogP contribution is 2.06. The fraction of sp³-hybridized carbons (Fsp3) is 0.0833. The quantitative estimate of drug-likeness (QED) is 0.398. The summed E-state index contributed by atoms with van der Waals surface area (Å²) < 4.78 is 4.52. The monoisotopic (exact) mass is 185 g/mol. The molecule has 0 saturated heterocycles. The van der Waals surface area contributed by atoms with Gasteiger partial charge in [0, 0.05) is 0 Å². The molecule has 0 N–H and O–H groups in total. The predicted octanol–water partition coefficient (Wildman–Crippen LogP) is 1.68. The number of hydrogen-bond donors (Lipinski definition) is 0. The SMILES string of the molecule is C#CC(=Cc1cc[c]cc1)C(=O)OC. The van der Waals surface area contributed by atoms with E-state index < -0.39 is 5.97 Å². The lowest BCUT2D eigenvalue weighted by molar-refractivity contribution is -0.135. The number of benzene rings is 1. The second-order valence-electron chi connectivity index (χ2n) is 2.53. The van der Waals surface area contributed by atoms with Crippen LogP contribution >= 0.6 is 0 Å². The van der Waals surface area contributed by atoms with Gasteiger partial charge in [-0.3, -0.25) is 0 Å². The van der Waals surface area contributed by atoms with Crippen LogP contribution in [-0.2, 0) is 9.53 Å². The van der Waals surface area contributed by atoms with E-state index in [1.165, 1.54) is 7.11 Å². The zero-order valence-corrected chi connectivity index (χ0v) is 7.78. The molecule has 0 fully saturated rings. The normalized spacial score (nSPS) is 10.4. The van der Waals surface area contributed by atoms with E-state index in [1.807, 2.05) is 0 Å². The van der Waals surface area contributed by atoms with Gasteiger partial charge >= 0.3 is 5.97 Å². The van der Waals surface area contributed by atoms with E-state index in [2.05, 4.69) is 16.7 Å². The van der Waals surface area contributed by atoms with Gasteiger partial charge in [0.25, 0.3) is 0 Å². The summed E-state index contributed by atoms with van der Waals surface area (Å²) in [6.07, 6.45) is 6.77. The van der Waals surface area contributed by atoms with Gasteiger partial charge in [-0.2, -0.15) is 0 Å². The van der Waals surface area contributed by atoms with Gasteiger partial charge in [-0.15, -0.1) is 6.42 Å². The second-order valence-corrected chi connectivity index (χ2v) is 2.53. The average molecular weight is 185 g/mol. The Labute approximate surface area is 83.2 Å². The molecule has 0 aliphatic carbocycles. The number of ether oxygens (including phenoxy) is 1. The molecule has 0 aliphatic rings.